The van der Waals surface area contributed by atoms with E-state index in [1.54, 1.807) is 24.3 Å². The molecule has 1 atom stereocenters. The molecule has 2 aromatic carbocycles. The third-order valence-electron chi connectivity index (χ3n) is 3.47. The van der Waals surface area contributed by atoms with Crippen LogP contribution in [0.15, 0.2) is 83.1 Å². The summed E-state index contributed by atoms with van der Waals surface area (Å²) >= 11 is 1.69. The summed E-state index contributed by atoms with van der Waals surface area (Å²) in [4.78, 5) is 18.8. The zero-order chi connectivity index (χ0) is 15.4. The minimum Gasteiger partial charge on any atom is -0.327 e. The molecule has 0 bridgehead atoms. The van der Waals surface area contributed by atoms with Crippen LogP contribution in [-0.2, 0) is 0 Å². The van der Waals surface area contributed by atoms with Crippen molar-refractivity contribution in [2.45, 2.75) is 22.8 Å². The van der Waals surface area contributed by atoms with E-state index in [1.165, 1.54) is 4.90 Å². The lowest BCUT2D eigenvalue weighted by Crippen LogP contribution is -2.15. The van der Waals surface area contributed by atoms with Gasteiger partial charge in [0.2, 0.25) is 0 Å². The first-order valence-electron chi connectivity index (χ1n) is 7.08. The second-order valence-electron chi connectivity index (χ2n) is 4.99. The maximum absolute atomic E-state index is 12.5. The average Bonchev–Trinajstić information content (AvgIpc) is 3.10. The second kappa shape index (κ2) is 7.99. The number of Topliss-reactive ketones (excluding diaryl/α,β-unsaturated/α-hetero) is 1. The molecule has 3 aromatic rings. The summed E-state index contributed by atoms with van der Waals surface area (Å²) < 4.78 is 1.81. The molecule has 5 heteroatoms. The maximum Gasteiger partial charge on any atom is 0.185 e. The molecule has 1 unspecified atom stereocenters. The molecular weight excluding hydrogens is 328 g/mol. The van der Waals surface area contributed by atoms with Crippen LogP contribution in [0.1, 0.15) is 23.3 Å². The summed E-state index contributed by atoms with van der Waals surface area (Å²) in [5.41, 5.74) is 0.721. The van der Waals surface area contributed by atoms with E-state index >= 15 is 0 Å². The molecule has 0 aliphatic carbocycles. The normalized spacial score (nSPS) is 11.5. The van der Waals surface area contributed by atoms with Crippen molar-refractivity contribution in [3.63, 3.8) is 0 Å². The van der Waals surface area contributed by atoms with Crippen LogP contribution in [-0.4, -0.2) is 15.3 Å². The standard InChI is InChI=1S/C18H16N2OS.ClH/c1-14(20-12-11-19-13-20)18(21)15-7-9-17(10-8-15)22-16-5-3-2-4-6-16;/h2-14H,1H3;1H. The average molecular weight is 345 g/mol. The monoisotopic (exact) mass is 344 g/mol. The minimum absolute atomic E-state index is 0. The van der Waals surface area contributed by atoms with Gasteiger partial charge in [-0.05, 0) is 31.2 Å². The lowest BCUT2D eigenvalue weighted by atomic mass is 10.1. The SMILES string of the molecule is CC(C(=O)c1ccc(Sc2ccccc2)cc1)n1ccnc1.Cl. The van der Waals surface area contributed by atoms with Crippen molar-refractivity contribution in [1.82, 2.24) is 9.55 Å². The number of hydrogen-bond donors (Lipinski definition) is 0. The van der Waals surface area contributed by atoms with Crippen LogP contribution >= 0.6 is 24.2 Å². The molecule has 0 saturated heterocycles. The summed E-state index contributed by atoms with van der Waals surface area (Å²) in [6, 6.07) is 17.7. The van der Waals surface area contributed by atoms with E-state index in [2.05, 4.69) is 17.1 Å². The van der Waals surface area contributed by atoms with Gasteiger partial charge in [-0.15, -0.1) is 12.4 Å². The van der Waals surface area contributed by atoms with Crippen molar-refractivity contribution >= 4 is 30.0 Å². The Morgan fingerprint density at radius 3 is 2.30 bits per heavy atom. The first-order chi connectivity index (χ1) is 10.7. The molecule has 23 heavy (non-hydrogen) atoms. The lowest BCUT2D eigenvalue weighted by molar-refractivity contribution is 0.0935. The van der Waals surface area contributed by atoms with E-state index in [1.807, 2.05) is 60.2 Å². The van der Waals surface area contributed by atoms with Crippen LogP contribution in [0.2, 0.25) is 0 Å². The van der Waals surface area contributed by atoms with Crippen LogP contribution in [0.5, 0.6) is 0 Å². The Balaban J connectivity index is 0.00000192. The quantitative estimate of drug-likeness (QED) is 0.617. The maximum atomic E-state index is 12.5. The predicted octanol–water partition coefficient (Wildman–Crippen LogP) is 4.90. The summed E-state index contributed by atoms with van der Waals surface area (Å²) in [6.45, 7) is 1.89. The lowest BCUT2D eigenvalue weighted by Gasteiger charge is -2.12. The van der Waals surface area contributed by atoms with E-state index in [-0.39, 0.29) is 24.2 Å². The first kappa shape index (κ1) is 17.3. The van der Waals surface area contributed by atoms with Gasteiger partial charge in [0.1, 0.15) is 0 Å². The molecule has 0 saturated carbocycles. The number of rotatable bonds is 5. The highest BCUT2D eigenvalue weighted by atomic mass is 35.5. The molecule has 0 aliphatic rings. The summed E-state index contributed by atoms with van der Waals surface area (Å²) in [6.07, 6.45) is 5.16. The van der Waals surface area contributed by atoms with Gasteiger partial charge in [-0.25, -0.2) is 4.98 Å². The first-order valence-corrected chi connectivity index (χ1v) is 7.90. The van der Waals surface area contributed by atoms with Crippen LogP contribution in [0.25, 0.3) is 0 Å². The molecule has 118 valence electrons. The third-order valence-corrected chi connectivity index (χ3v) is 4.48. The van der Waals surface area contributed by atoms with Crippen molar-refractivity contribution in [3.8, 4) is 0 Å². The number of ketones is 1. The van der Waals surface area contributed by atoms with Crippen molar-refractivity contribution in [2.75, 3.05) is 0 Å². The van der Waals surface area contributed by atoms with Gasteiger partial charge in [0, 0.05) is 27.7 Å². The van der Waals surface area contributed by atoms with Crippen LogP contribution in [0.4, 0.5) is 0 Å². The predicted molar refractivity (Wildman–Crippen MR) is 95.5 cm³/mol. The smallest absolute Gasteiger partial charge is 0.185 e. The van der Waals surface area contributed by atoms with E-state index in [0.717, 1.165) is 10.5 Å². The molecule has 3 rings (SSSR count). The number of hydrogen-bond acceptors (Lipinski definition) is 3. The van der Waals surface area contributed by atoms with E-state index < -0.39 is 0 Å². The topological polar surface area (TPSA) is 34.9 Å². The van der Waals surface area contributed by atoms with Gasteiger partial charge in [0.15, 0.2) is 5.78 Å². The Labute approximate surface area is 146 Å². The zero-order valence-electron chi connectivity index (χ0n) is 12.6. The molecular formula is C18H17ClN2OS. The van der Waals surface area contributed by atoms with Crippen molar-refractivity contribution in [2.24, 2.45) is 0 Å². The second-order valence-corrected chi connectivity index (χ2v) is 6.14. The van der Waals surface area contributed by atoms with Crippen molar-refractivity contribution in [1.29, 1.82) is 0 Å². The van der Waals surface area contributed by atoms with Gasteiger partial charge in [-0.3, -0.25) is 4.79 Å². The summed E-state index contributed by atoms with van der Waals surface area (Å²) in [5, 5.41) is 0. The third kappa shape index (κ3) is 4.24. The van der Waals surface area contributed by atoms with Crippen molar-refractivity contribution in [3.05, 3.63) is 78.9 Å². The number of carbonyl (C=O) groups is 1. The highest BCUT2D eigenvalue weighted by Gasteiger charge is 2.16. The highest BCUT2D eigenvalue weighted by molar-refractivity contribution is 7.99. The molecule has 0 radical (unpaired) electrons. The molecule has 0 spiro atoms. The van der Waals surface area contributed by atoms with E-state index in [4.69, 9.17) is 0 Å². The van der Waals surface area contributed by atoms with Gasteiger partial charge < -0.3 is 4.57 Å². The number of benzene rings is 2. The molecule has 3 nitrogen and oxygen atoms in total. The molecule has 0 fully saturated rings. The largest absolute Gasteiger partial charge is 0.327 e. The molecule has 1 aromatic heterocycles. The number of imidazole rings is 1. The van der Waals surface area contributed by atoms with Gasteiger partial charge in [0.25, 0.3) is 0 Å². The fourth-order valence-electron chi connectivity index (χ4n) is 2.19. The van der Waals surface area contributed by atoms with Gasteiger partial charge in [-0.1, -0.05) is 42.1 Å². The molecule has 0 amide bonds. The Bertz CT molecular complexity index is 742. The van der Waals surface area contributed by atoms with Crippen LogP contribution in [0.3, 0.4) is 0 Å². The Kier molecular flexibility index (Phi) is 6.02. The Morgan fingerprint density at radius 1 is 1.04 bits per heavy atom. The number of halogens is 1. The van der Waals surface area contributed by atoms with Gasteiger partial charge in [0.05, 0.1) is 12.4 Å². The van der Waals surface area contributed by atoms with Crippen molar-refractivity contribution < 1.29 is 4.79 Å². The Morgan fingerprint density at radius 2 is 1.70 bits per heavy atom. The summed E-state index contributed by atoms with van der Waals surface area (Å²) in [5.74, 6) is 0.0919. The van der Waals surface area contributed by atoms with Gasteiger partial charge >= 0.3 is 0 Å². The summed E-state index contributed by atoms with van der Waals surface area (Å²) in [7, 11) is 0. The number of aromatic nitrogens is 2. The fraction of sp³-hybridized carbons (Fsp3) is 0.111. The fourth-order valence-corrected chi connectivity index (χ4v) is 3.02. The molecule has 1 heterocycles. The Hall–Kier alpha value is -2.04. The minimum atomic E-state index is -0.241. The molecule has 0 aliphatic heterocycles. The van der Waals surface area contributed by atoms with Crippen LogP contribution in [0, 0.1) is 0 Å². The van der Waals surface area contributed by atoms with E-state index in [9.17, 15) is 4.79 Å². The highest BCUT2D eigenvalue weighted by Crippen LogP contribution is 2.27. The number of nitrogens with zero attached hydrogens (tertiary/aromatic N) is 2. The van der Waals surface area contributed by atoms with E-state index in [0.29, 0.717) is 0 Å². The van der Waals surface area contributed by atoms with Crippen LogP contribution < -0.4 is 0 Å². The number of carbonyl (C=O) groups excluding carboxylic acids is 1. The molecule has 0 N–H and O–H groups in total. The van der Waals surface area contributed by atoms with Gasteiger partial charge in [-0.2, -0.15) is 0 Å². The zero-order valence-corrected chi connectivity index (χ0v) is 14.3.